The Morgan fingerprint density at radius 1 is 1.39 bits per heavy atom. The summed E-state index contributed by atoms with van der Waals surface area (Å²) < 4.78 is 28.4. The van der Waals surface area contributed by atoms with Gasteiger partial charge in [0.1, 0.15) is 0 Å². The van der Waals surface area contributed by atoms with Crippen molar-refractivity contribution in [2.24, 2.45) is 11.8 Å². The molecule has 0 heterocycles. The largest absolute Gasteiger partial charge is 0.241 e. The van der Waals surface area contributed by atoms with Crippen LogP contribution in [0.5, 0.6) is 0 Å². The van der Waals surface area contributed by atoms with Crippen molar-refractivity contribution in [1.82, 2.24) is 4.72 Å². The summed E-state index contributed by atoms with van der Waals surface area (Å²) in [7, 11) is -3.44. The third-order valence-electron chi connectivity index (χ3n) is 3.20. The first-order chi connectivity index (χ1) is 8.40. The van der Waals surface area contributed by atoms with E-state index in [9.17, 15) is 8.42 Å². The van der Waals surface area contributed by atoms with E-state index < -0.39 is 10.0 Å². The fourth-order valence-corrected chi connectivity index (χ4v) is 4.48. The number of hydrogen-bond donors (Lipinski definition) is 1. The second kappa shape index (κ2) is 5.61. The van der Waals surface area contributed by atoms with Crippen LogP contribution < -0.4 is 4.72 Å². The molecular formula is C12H15Br2NO2S. The molecule has 0 amide bonds. The van der Waals surface area contributed by atoms with Gasteiger partial charge in [-0.05, 0) is 58.8 Å². The predicted octanol–water partition coefficient (Wildman–Crippen LogP) is 3.54. The van der Waals surface area contributed by atoms with Crippen molar-refractivity contribution < 1.29 is 8.42 Å². The van der Waals surface area contributed by atoms with E-state index in [1.54, 1.807) is 18.2 Å². The molecule has 1 fully saturated rings. The molecule has 0 aromatic heterocycles. The van der Waals surface area contributed by atoms with Gasteiger partial charge in [-0.25, -0.2) is 13.1 Å². The molecule has 1 saturated carbocycles. The van der Waals surface area contributed by atoms with Gasteiger partial charge in [-0.15, -0.1) is 0 Å². The van der Waals surface area contributed by atoms with Gasteiger partial charge >= 0.3 is 0 Å². The van der Waals surface area contributed by atoms with E-state index in [-0.39, 0.29) is 4.90 Å². The monoisotopic (exact) mass is 395 g/mol. The zero-order valence-corrected chi connectivity index (χ0v) is 14.0. The summed E-state index contributed by atoms with van der Waals surface area (Å²) in [6.07, 6.45) is 2.45. The molecule has 1 aliphatic carbocycles. The van der Waals surface area contributed by atoms with Crippen molar-refractivity contribution in [3.8, 4) is 0 Å². The van der Waals surface area contributed by atoms with Gasteiger partial charge in [0.05, 0.1) is 4.90 Å². The zero-order valence-electron chi connectivity index (χ0n) is 9.99. The van der Waals surface area contributed by atoms with Crippen LogP contribution in [0.4, 0.5) is 0 Å². The van der Waals surface area contributed by atoms with Crippen molar-refractivity contribution >= 4 is 41.9 Å². The Balaban J connectivity index is 2.11. The van der Waals surface area contributed by atoms with Gasteiger partial charge in [-0.1, -0.05) is 22.9 Å². The minimum absolute atomic E-state index is 0.278. The molecule has 1 aromatic rings. The van der Waals surface area contributed by atoms with Crippen molar-refractivity contribution in [3.63, 3.8) is 0 Å². The maximum absolute atomic E-state index is 12.2. The van der Waals surface area contributed by atoms with Crippen LogP contribution in [0.15, 0.2) is 32.0 Å². The Hall–Kier alpha value is 0.0900. The number of nitrogens with one attached hydrogen (secondary N) is 1. The minimum atomic E-state index is -3.44. The van der Waals surface area contributed by atoms with Crippen molar-refractivity contribution in [3.05, 3.63) is 27.1 Å². The molecule has 100 valence electrons. The molecule has 0 radical (unpaired) electrons. The minimum Gasteiger partial charge on any atom is -0.211 e. The first kappa shape index (κ1) is 14.5. The zero-order chi connectivity index (χ0) is 13.3. The fraction of sp³-hybridized carbons (Fsp3) is 0.500. The molecular weight excluding hydrogens is 382 g/mol. The topological polar surface area (TPSA) is 46.2 Å². The molecule has 3 nitrogen and oxygen atoms in total. The second-order valence-electron chi connectivity index (χ2n) is 4.74. The molecule has 6 heteroatoms. The first-order valence-electron chi connectivity index (χ1n) is 5.85. The predicted molar refractivity (Wildman–Crippen MR) is 78.9 cm³/mol. The average molecular weight is 397 g/mol. The summed E-state index contributed by atoms with van der Waals surface area (Å²) >= 11 is 6.56. The highest BCUT2D eigenvalue weighted by molar-refractivity contribution is 9.11. The number of halogens is 2. The van der Waals surface area contributed by atoms with Crippen LogP contribution in [0.25, 0.3) is 0 Å². The molecule has 1 aromatic carbocycles. The van der Waals surface area contributed by atoms with Gasteiger partial charge < -0.3 is 0 Å². The maximum Gasteiger partial charge on any atom is 0.241 e. The fourth-order valence-electron chi connectivity index (χ4n) is 1.83. The van der Waals surface area contributed by atoms with Crippen LogP contribution in [-0.2, 0) is 10.0 Å². The highest BCUT2D eigenvalue weighted by Crippen LogP contribution is 2.36. The Labute approximate surface area is 125 Å². The van der Waals surface area contributed by atoms with E-state index in [2.05, 4.69) is 43.5 Å². The third-order valence-corrected chi connectivity index (χ3v) is 6.12. The van der Waals surface area contributed by atoms with Gasteiger partial charge in [-0.2, -0.15) is 0 Å². The average Bonchev–Trinajstić information content (AvgIpc) is 3.13. The van der Waals surface area contributed by atoms with E-state index in [1.165, 1.54) is 12.8 Å². The van der Waals surface area contributed by atoms with Crippen molar-refractivity contribution in [1.29, 1.82) is 0 Å². The maximum atomic E-state index is 12.2. The Kier molecular flexibility index (Phi) is 4.52. The number of benzene rings is 1. The molecule has 1 unspecified atom stereocenters. The number of rotatable bonds is 5. The van der Waals surface area contributed by atoms with Gasteiger partial charge in [0.2, 0.25) is 10.0 Å². The standard InChI is InChI=1S/C12H15Br2NO2S/c1-8(9-2-3-9)7-15-18(16,17)12-6-10(13)4-5-11(12)14/h4-6,8-9,15H,2-3,7H2,1H3. The highest BCUT2D eigenvalue weighted by Gasteiger charge is 2.29. The van der Waals surface area contributed by atoms with Crippen LogP contribution in [-0.4, -0.2) is 15.0 Å². The quantitative estimate of drug-likeness (QED) is 0.827. The third kappa shape index (κ3) is 3.56. The summed E-state index contributed by atoms with van der Waals surface area (Å²) in [5.41, 5.74) is 0. The van der Waals surface area contributed by atoms with E-state index >= 15 is 0 Å². The molecule has 0 saturated heterocycles. The summed E-state index contributed by atoms with van der Waals surface area (Å²) in [4.78, 5) is 0.278. The molecule has 1 N–H and O–H groups in total. The Bertz CT molecular complexity index is 541. The van der Waals surface area contributed by atoms with Crippen LogP contribution in [0.1, 0.15) is 19.8 Å². The van der Waals surface area contributed by atoms with Crippen LogP contribution in [0.2, 0.25) is 0 Å². The number of sulfonamides is 1. The lowest BCUT2D eigenvalue weighted by Gasteiger charge is -2.13. The summed E-state index contributed by atoms with van der Waals surface area (Å²) in [6, 6.07) is 5.13. The lowest BCUT2D eigenvalue weighted by molar-refractivity contribution is 0.491. The molecule has 1 aliphatic rings. The normalized spacial score (nSPS) is 17.7. The smallest absolute Gasteiger partial charge is 0.211 e. The summed E-state index contributed by atoms with van der Waals surface area (Å²) in [5, 5.41) is 0. The van der Waals surface area contributed by atoms with Gasteiger partial charge in [-0.3, -0.25) is 0 Å². The Morgan fingerprint density at radius 3 is 2.67 bits per heavy atom. The molecule has 2 rings (SSSR count). The van der Waals surface area contributed by atoms with Gasteiger partial charge in [0.25, 0.3) is 0 Å². The lowest BCUT2D eigenvalue weighted by Crippen LogP contribution is -2.29. The Morgan fingerprint density at radius 2 is 2.06 bits per heavy atom. The van der Waals surface area contributed by atoms with Gasteiger partial charge in [0.15, 0.2) is 0 Å². The molecule has 0 spiro atoms. The molecule has 1 atom stereocenters. The summed E-state index contributed by atoms with van der Waals surface area (Å²) in [6.45, 7) is 2.60. The van der Waals surface area contributed by atoms with Gasteiger partial charge in [0, 0.05) is 15.5 Å². The number of hydrogen-bond acceptors (Lipinski definition) is 2. The molecule has 0 aliphatic heterocycles. The van der Waals surface area contributed by atoms with E-state index in [1.807, 2.05) is 0 Å². The van der Waals surface area contributed by atoms with E-state index in [0.717, 1.165) is 4.47 Å². The second-order valence-corrected chi connectivity index (χ2v) is 8.25. The van der Waals surface area contributed by atoms with Crippen LogP contribution in [0, 0.1) is 11.8 Å². The molecule has 0 bridgehead atoms. The highest BCUT2D eigenvalue weighted by atomic mass is 79.9. The van der Waals surface area contributed by atoms with Crippen molar-refractivity contribution in [2.75, 3.05) is 6.54 Å². The van der Waals surface area contributed by atoms with Crippen LogP contribution in [0.3, 0.4) is 0 Å². The van der Waals surface area contributed by atoms with Crippen LogP contribution >= 0.6 is 31.9 Å². The summed E-state index contributed by atoms with van der Waals surface area (Å²) in [5.74, 6) is 1.10. The first-order valence-corrected chi connectivity index (χ1v) is 8.92. The molecule has 18 heavy (non-hydrogen) atoms. The SMILES string of the molecule is CC(CNS(=O)(=O)c1cc(Br)ccc1Br)C1CC1. The van der Waals surface area contributed by atoms with E-state index in [0.29, 0.717) is 22.9 Å². The van der Waals surface area contributed by atoms with Crippen molar-refractivity contribution in [2.45, 2.75) is 24.7 Å². The van der Waals surface area contributed by atoms with E-state index in [4.69, 9.17) is 0 Å². The lowest BCUT2D eigenvalue weighted by atomic mass is 10.1.